The molecule has 0 unspecified atom stereocenters. The Bertz CT molecular complexity index is 714. The van der Waals surface area contributed by atoms with Gasteiger partial charge in [-0.05, 0) is 34.6 Å². The number of fused-ring (bicyclic) bond motifs is 1. The molecule has 0 saturated carbocycles. The van der Waals surface area contributed by atoms with Crippen molar-refractivity contribution in [3.63, 3.8) is 0 Å². The van der Waals surface area contributed by atoms with E-state index in [1.807, 2.05) is 23.7 Å². The van der Waals surface area contributed by atoms with Crippen LogP contribution in [0, 0.1) is 0 Å². The lowest BCUT2D eigenvalue weighted by Crippen LogP contribution is -2.07. The topological polar surface area (TPSA) is 12.9 Å². The van der Waals surface area contributed by atoms with E-state index >= 15 is 0 Å². The fourth-order valence-corrected chi connectivity index (χ4v) is 3.33. The number of benzene rings is 1. The van der Waals surface area contributed by atoms with Crippen LogP contribution in [0.3, 0.4) is 0 Å². The molecule has 3 aromatic rings. The third kappa shape index (κ3) is 2.28. The minimum Gasteiger partial charge on any atom is -0.264 e. The number of hydrogen-bond acceptors (Lipinski definition) is 2. The third-order valence-corrected chi connectivity index (χ3v) is 4.84. The van der Waals surface area contributed by atoms with Crippen molar-refractivity contribution in [2.75, 3.05) is 0 Å². The largest absolute Gasteiger partial charge is 0.264 e. The molecule has 0 bridgehead atoms. The molecule has 1 aromatic carbocycles. The zero-order chi connectivity index (χ0) is 13.5. The maximum Gasteiger partial charge on any atom is 0.0352 e. The van der Waals surface area contributed by atoms with Crippen LogP contribution in [0.25, 0.3) is 21.2 Å². The fourth-order valence-electron chi connectivity index (χ4n) is 2.22. The average molecular weight is 267 g/mol. The van der Waals surface area contributed by atoms with Gasteiger partial charge in [0.05, 0.1) is 0 Å². The van der Waals surface area contributed by atoms with E-state index < -0.39 is 0 Å². The minimum absolute atomic E-state index is 0.217. The van der Waals surface area contributed by atoms with E-state index in [0.717, 1.165) is 0 Å². The van der Waals surface area contributed by atoms with Crippen LogP contribution in [0.15, 0.2) is 48.8 Å². The Morgan fingerprint density at radius 3 is 2.58 bits per heavy atom. The number of pyridine rings is 1. The van der Waals surface area contributed by atoms with Crippen molar-refractivity contribution in [3.05, 3.63) is 53.7 Å². The molecule has 0 saturated heterocycles. The van der Waals surface area contributed by atoms with Crippen LogP contribution in [0.2, 0.25) is 0 Å². The zero-order valence-electron chi connectivity index (χ0n) is 11.5. The summed E-state index contributed by atoms with van der Waals surface area (Å²) in [5.41, 5.74) is 1.52. The summed E-state index contributed by atoms with van der Waals surface area (Å²) < 4.78 is 0. The Hall–Kier alpha value is -1.67. The smallest absolute Gasteiger partial charge is 0.0352 e. The van der Waals surface area contributed by atoms with Gasteiger partial charge in [-0.2, -0.15) is 0 Å². The maximum atomic E-state index is 4.20. The second-order valence-corrected chi connectivity index (χ2v) is 6.90. The highest BCUT2D eigenvalue weighted by atomic mass is 32.1. The standard InChI is InChI=1S/C17H17NS/c1-17(2,3)16-8-7-15(19-16)14-6-4-5-12-11-18-10-9-13(12)14/h4-11H,1-3H3. The van der Waals surface area contributed by atoms with Gasteiger partial charge in [0, 0.05) is 27.5 Å². The van der Waals surface area contributed by atoms with Gasteiger partial charge < -0.3 is 0 Å². The Kier molecular flexibility index (Phi) is 2.90. The zero-order valence-corrected chi connectivity index (χ0v) is 12.3. The number of aromatic nitrogens is 1. The minimum atomic E-state index is 0.217. The molecule has 19 heavy (non-hydrogen) atoms. The van der Waals surface area contributed by atoms with Gasteiger partial charge in [-0.15, -0.1) is 11.3 Å². The Morgan fingerprint density at radius 2 is 1.84 bits per heavy atom. The first kappa shape index (κ1) is 12.4. The highest BCUT2D eigenvalue weighted by molar-refractivity contribution is 7.15. The summed E-state index contributed by atoms with van der Waals surface area (Å²) in [6.07, 6.45) is 3.79. The summed E-state index contributed by atoms with van der Waals surface area (Å²) in [7, 11) is 0. The molecule has 0 amide bonds. The molecule has 2 heteroatoms. The van der Waals surface area contributed by atoms with Crippen molar-refractivity contribution in [1.29, 1.82) is 0 Å². The van der Waals surface area contributed by atoms with E-state index in [9.17, 15) is 0 Å². The molecule has 0 aliphatic rings. The second kappa shape index (κ2) is 4.46. The van der Waals surface area contributed by atoms with E-state index in [1.165, 1.54) is 26.1 Å². The van der Waals surface area contributed by atoms with Crippen molar-refractivity contribution < 1.29 is 0 Å². The molecular formula is C17H17NS. The summed E-state index contributed by atoms with van der Waals surface area (Å²) in [5.74, 6) is 0. The summed E-state index contributed by atoms with van der Waals surface area (Å²) in [6.45, 7) is 6.78. The van der Waals surface area contributed by atoms with Crippen molar-refractivity contribution >= 4 is 22.1 Å². The lowest BCUT2D eigenvalue weighted by Gasteiger charge is -2.15. The van der Waals surface area contributed by atoms with Crippen molar-refractivity contribution in [2.45, 2.75) is 26.2 Å². The predicted octanol–water partition coefficient (Wildman–Crippen LogP) is 5.26. The lowest BCUT2D eigenvalue weighted by molar-refractivity contribution is 0.604. The van der Waals surface area contributed by atoms with Gasteiger partial charge in [0.2, 0.25) is 0 Å². The molecular weight excluding hydrogens is 250 g/mol. The summed E-state index contributed by atoms with van der Waals surface area (Å²) >= 11 is 1.89. The third-order valence-electron chi connectivity index (χ3n) is 3.29. The number of rotatable bonds is 1. The number of nitrogens with zero attached hydrogens (tertiary/aromatic N) is 1. The van der Waals surface area contributed by atoms with E-state index in [-0.39, 0.29) is 5.41 Å². The van der Waals surface area contributed by atoms with Crippen LogP contribution >= 0.6 is 11.3 Å². The normalized spacial score (nSPS) is 11.9. The highest BCUT2D eigenvalue weighted by Gasteiger charge is 2.17. The molecule has 2 aromatic heterocycles. The molecule has 0 N–H and O–H groups in total. The van der Waals surface area contributed by atoms with E-state index in [2.05, 4.69) is 62.2 Å². The summed E-state index contributed by atoms with van der Waals surface area (Å²) in [4.78, 5) is 6.96. The van der Waals surface area contributed by atoms with Crippen LogP contribution in [-0.2, 0) is 5.41 Å². The molecule has 0 spiro atoms. The quantitative estimate of drug-likeness (QED) is 0.586. The van der Waals surface area contributed by atoms with Gasteiger partial charge >= 0.3 is 0 Å². The van der Waals surface area contributed by atoms with Gasteiger partial charge in [0.15, 0.2) is 0 Å². The lowest BCUT2D eigenvalue weighted by atomic mass is 9.95. The van der Waals surface area contributed by atoms with Crippen molar-refractivity contribution in [1.82, 2.24) is 4.98 Å². The molecule has 0 atom stereocenters. The molecule has 0 aliphatic heterocycles. The van der Waals surface area contributed by atoms with Gasteiger partial charge in [-0.3, -0.25) is 4.98 Å². The van der Waals surface area contributed by atoms with Crippen molar-refractivity contribution in [2.24, 2.45) is 0 Å². The fraction of sp³-hybridized carbons (Fsp3) is 0.235. The van der Waals surface area contributed by atoms with Crippen molar-refractivity contribution in [3.8, 4) is 10.4 Å². The van der Waals surface area contributed by atoms with E-state index in [4.69, 9.17) is 0 Å². The van der Waals surface area contributed by atoms with Crippen LogP contribution in [0.5, 0.6) is 0 Å². The number of hydrogen-bond donors (Lipinski definition) is 0. The van der Waals surface area contributed by atoms with E-state index in [0.29, 0.717) is 0 Å². The molecule has 1 nitrogen and oxygen atoms in total. The van der Waals surface area contributed by atoms with Gasteiger partial charge in [-0.1, -0.05) is 39.0 Å². The molecule has 2 heterocycles. The van der Waals surface area contributed by atoms with Crippen LogP contribution < -0.4 is 0 Å². The Morgan fingerprint density at radius 1 is 1.00 bits per heavy atom. The van der Waals surface area contributed by atoms with Crippen LogP contribution in [-0.4, -0.2) is 4.98 Å². The molecule has 3 rings (SSSR count). The first-order valence-electron chi connectivity index (χ1n) is 6.49. The average Bonchev–Trinajstić information content (AvgIpc) is 2.87. The molecule has 0 aliphatic carbocycles. The SMILES string of the molecule is CC(C)(C)c1ccc(-c2cccc3cnccc23)s1. The molecule has 0 fully saturated rings. The van der Waals surface area contributed by atoms with E-state index in [1.54, 1.807) is 0 Å². The van der Waals surface area contributed by atoms with Crippen LogP contribution in [0.1, 0.15) is 25.6 Å². The Balaban J connectivity index is 2.17. The molecule has 0 radical (unpaired) electrons. The summed E-state index contributed by atoms with van der Waals surface area (Å²) in [6, 6.07) is 13.0. The molecule has 96 valence electrons. The first-order chi connectivity index (χ1) is 9.05. The predicted molar refractivity (Wildman–Crippen MR) is 83.8 cm³/mol. The monoisotopic (exact) mass is 267 g/mol. The maximum absolute atomic E-state index is 4.20. The van der Waals surface area contributed by atoms with Gasteiger partial charge in [0.1, 0.15) is 0 Å². The number of thiophene rings is 1. The first-order valence-corrected chi connectivity index (χ1v) is 7.31. The summed E-state index contributed by atoms with van der Waals surface area (Å²) in [5, 5.41) is 2.48. The van der Waals surface area contributed by atoms with Gasteiger partial charge in [0.25, 0.3) is 0 Å². The van der Waals surface area contributed by atoms with Gasteiger partial charge in [-0.25, -0.2) is 0 Å². The Labute approximate surface area is 117 Å². The second-order valence-electron chi connectivity index (χ2n) is 5.82. The highest BCUT2D eigenvalue weighted by Crippen LogP contribution is 2.37. The van der Waals surface area contributed by atoms with Crippen LogP contribution in [0.4, 0.5) is 0 Å².